The average Bonchev–Trinajstić information content (AvgIpc) is 2.71. The minimum atomic E-state index is 0.499. The van der Waals surface area contributed by atoms with Crippen molar-refractivity contribution < 1.29 is 4.74 Å². The van der Waals surface area contributed by atoms with E-state index in [1.165, 1.54) is 32.1 Å². The summed E-state index contributed by atoms with van der Waals surface area (Å²) in [4.78, 5) is 14.5. The largest absolute Gasteiger partial charge is 0.385 e. The Balaban J connectivity index is 1.77. The maximum atomic E-state index is 5.46. The van der Waals surface area contributed by atoms with Crippen LogP contribution in [0.15, 0.2) is 6.07 Å². The van der Waals surface area contributed by atoms with E-state index in [2.05, 4.69) is 40.3 Å². The predicted octanol–water partition coefficient (Wildman–Crippen LogP) is 3.41. The molecule has 162 valence electrons. The summed E-state index contributed by atoms with van der Waals surface area (Å²) >= 11 is 5.46. The van der Waals surface area contributed by atoms with E-state index in [9.17, 15) is 0 Å². The summed E-state index contributed by atoms with van der Waals surface area (Å²) in [5.41, 5.74) is 0. The molecule has 2 saturated heterocycles. The quantitative estimate of drug-likeness (QED) is 0.514. The molecule has 1 aromatic heterocycles. The molecule has 7 nitrogen and oxygen atoms in total. The van der Waals surface area contributed by atoms with Crippen molar-refractivity contribution in [3.63, 3.8) is 0 Å². The van der Waals surface area contributed by atoms with E-state index in [0.717, 1.165) is 44.2 Å². The van der Waals surface area contributed by atoms with Crippen LogP contribution in [0.1, 0.15) is 52.4 Å². The molecule has 8 heteroatoms. The van der Waals surface area contributed by atoms with Crippen molar-refractivity contribution in [1.29, 1.82) is 0 Å². The van der Waals surface area contributed by atoms with Crippen LogP contribution in [0.2, 0.25) is 0 Å². The Kier molecular flexibility index (Phi) is 8.29. The number of rotatable bonds is 7. The fourth-order valence-corrected chi connectivity index (χ4v) is 4.38. The molecule has 2 atom stereocenters. The van der Waals surface area contributed by atoms with Crippen LogP contribution in [0.3, 0.4) is 0 Å². The lowest BCUT2D eigenvalue weighted by atomic mass is 10.0. The lowest BCUT2D eigenvalue weighted by Gasteiger charge is -2.36. The van der Waals surface area contributed by atoms with Crippen molar-refractivity contribution in [2.45, 2.75) is 58.4 Å². The number of ether oxygens (including phenoxy) is 1. The number of anilines is 3. The molecule has 2 aliphatic rings. The molecule has 2 fully saturated rings. The predicted molar refractivity (Wildman–Crippen MR) is 124 cm³/mol. The zero-order chi connectivity index (χ0) is 20.6. The third-order valence-electron chi connectivity index (χ3n) is 5.81. The van der Waals surface area contributed by atoms with Gasteiger partial charge in [-0.15, -0.1) is 0 Å². The molecule has 0 aliphatic carbocycles. The zero-order valence-electron chi connectivity index (χ0n) is 18.1. The van der Waals surface area contributed by atoms with Gasteiger partial charge < -0.3 is 25.2 Å². The van der Waals surface area contributed by atoms with E-state index in [4.69, 9.17) is 26.9 Å². The first-order valence-corrected chi connectivity index (χ1v) is 11.4. The third-order valence-corrected chi connectivity index (χ3v) is 6.06. The molecule has 3 heterocycles. The monoisotopic (exact) mass is 420 g/mol. The number of thiocarbonyl (C=S) groups is 1. The smallest absolute Gasteiger partial charge is 0.232 e. The van der Waals surface area contributed by atoms with Gasteiger partial charge in [-0.25, -0.2) is 0 Å². The summed E-state index contributed by atoms with van der Waals surface area (Å²) in [6, 6.07) is 2.67. The zero-order valence-corrected chi connectivity index (χ0v) is 18.9. The van der Waals surface area contributed by atoms with Crippen LogP contribution in [0.4, 0.5) is 17.6 Å². The number of hydrogen-bond donors (Lipinski definition) is 2. The standard InChI is InChI=1S/C21H36N6OS/c1-16-8-6-11-26(15-16)18-14-19(27-12-5-4-9-17(27)2)24-20(23-18)25-21(29)22-10-7-13-28-3/h14,16-17H,4-13,15H2,1-3H3,(H2,22,23,24,25,29)/t16-,17-/m0/s1. The second kappa shape index (κ2) is 10.9. The molecule has 0 aromatic carbocycles. The van der Waals surface area contributed by atoms with Crippen LogP contribution in [0.5, 0.6) is 0 Å². The molecule has 1 aromatic rings. The Hall–Kier alpha value is -1.67. The second-order valence-corrected chi connectivity index (χ2v) is 8.78. The van der Waals surface area contributed by atoms with Gasteiger partial charge in [0.2, 0.25) is 5.95 Å². The van der Waals surface area contributed by atoms with Crippen LogP contribution < -0.4 is 20.4 Å². The molecule has 2 N–H and O–H groups in total. The Labute approximate surface area is 180 Å². The van der Waals surface area contributed by atoms with Crippen molar-refractivity contribution in [1.82, 2.24) is 15.3 Å². The van der Waals surface area contributed by atoms with E-state index in [1.807, 2.05) is 0 Å². The van der Waals surface area contributed by atoms with Gasteiger partial charge >= 0.3 is 0 Å². The summed E-state index contributed by atoms with van der Waals surface area (Å²) in [5.74, 6) is 3.28. The van der Waals surface area contributed by atoms with Gasteiger partial charge in [0.25, 0.3) is 0 Å². The third kappa shape index (κ3) is 6.40. The molecule has 2 aliphatic heterocycles. The molecular weight excluding hydrogens is 384 g/mol. The molecule has 0 amide bonds. The highest BCUT2D eigenvalue weighted by molar-refractivity contribution is 7.80. The second-order valence-electron chi connectivity index (χ2n) is 8.37. The number of hydrogen-bond acceptors (Lipinski definition) is 6. The molecule has 0 bridgehead atoms. The fourth-order valence-electron chi connectivity index (χ4n) is 4.19. The molecule has 0 radical (unpaired) electrons. The van der Waals surface area contributed by atoms with Gasteiger partial charge in [-0.1, -0.05) is 6.92 Å². The van der Waals surface area contributed by atoms with Crippen molar-refractivity contribution >= 4 is 34.9 Å². The first-order chi connectivity index (χ1) is 14.1. The lowest BCUT2D eigenvalue weighted by Crippen LogP contribution is -2.39. The van der Waals surface area contributed by atoms with E-state index >= 15 is 0 Å². The topological polar surface area (TPSA) is 65.6 Å². The SMILES string of the molecule is COCCCNC(=S)Nc1nc(N2CCC[C@H](C)C2)cc(N2CCCC[C@@H]2C)n1. The highest BCUT2D eigenvalue weighted by Gasteiger charge is 2.24. The summed E-state index contributed by atoms with van der Waals surface area (Å²) in [7, 11) is 1.71. The van der Waals surface area contributed by atoms with Crippen LogP contribution in [-0.2, 0) is 4.74 Å². The minimum Gasteiger partial charge on any atom is -0.385 e. The van der Waals surface area contributed by atoms with Gasteiger partial charge in [0.05, 0.1) is 0 Å². The van der Waals surface area contributed by atoms with Gasteiger partial charge in [0.15, 0.2) is 5.11 Å². The van der Waals surface area contributed by atoms with Crippen LogP contribution in [-0.4, -0.2) is 61.0 Å². The number of nitrogens with one attached hydrogen (secondary N) is 2. The van der Waals surface area contributed by atoms with Crippen molar-refractivity contribution in [2.24, 2.45) is 5.92 Å². The van der Waals surface area contributed by atoms with E-state index in [1.54, 1.807) is 7.11 Å². The van der Waals surface area contributed by atoms with Gasteiger partial charge in [-0.2, -0.15) is 9.97 Å². The Morgan fingerprint density at radius 3 is 2.76 bits per heavy atom. The number of methoxy groups -OCH3 is 1. The molecular formula is C21H36N6OS. The molecule has 0 unspecified atom stereocenters. The highest BCUT2D eigenvalue weighted by Crippen LogP contribution is 2.29. The summed E-state index contributed by atoms with van der Waals surface area (Å²) in [6.07, 6.45) is 7.12. The van der Waals surface area contributed by atoms with Gasteiger partial charge in [-0.3, -0.25) is 0 Å². The molecule has 0 saturated carbocycles. The highest BCUT2D eigenvalue weighted by atomic mass is 32.1. The van der Waals surface area contributed by atoms with E-state index in [-0.39, 0.29) is 0 Å². The van der Waals surface area contributed by atoms with Crippen LogP contribution >= 0.6 is 12.2 Å². The first-order valence-electron chi connectivity index (χ1n) is 11.0. The van der Waals surface area contributed by atoms with Crippen LogP contribution in [0.25, 0.3) is 0 Å². The maximum absolute atomic E-state index is 5.46. The maximum Gasteiger partial charge on any atom is 0.232 e. The first kappa shape index (κ1) is 22.0. The molecule has 3 rings (SSSR count). The Bertz CT molecular complexity index is 673. The number of nitrogens with zero attached hydrogens (tertiary/aromatic N) is 4. The van der Waals surface area contributed by atoms with Crippen molar-refractivity contribution in [2.75, 3.05) is 55.0 Å². The number of aromatic nitrogens is 2. The summed E-state index contributed by atoms with van der Waals surface area (Å²) in [6.45, 7) is 9.23. The Morgan fingerprint density at radius 1 is 1.17 bits per heavy atom. The Morgan fingerprint density at radius 2 is 2.00 bits per heavy atom. The van der Waals surface area contributed by atoms with E-state index < -0.39 is 0 Å². The molecule has 0 spiro atoms. The summed E-state index contributed by atoms with van der Waals surface area (Å²) < 4.78 is 5.09. The summed E-state index contributed by atoms with van der Waals surface area (Å²) in [5, 5.41) is 6.98. The lowest BCUT2D eigenvalue weighted by molar-refractivity contribution is 0.196. The van der Waals surface area contributed by atoms with Crippen molar-refractivity contribution in [3.05, 3.63) is 6.07 Å². The minimum absolute atomic E-state index is 0.499. The average molecular weight is 421 g/mol. The van der Waals surface area contributed by atoms with Crippen LogP contribution in [0, 0.1) is 5.92 Å². The van der Waals surface area contributed by atoms with Crippen molar-refractivity contribution in [3.8, 4) is 0 Å². The van der Waals surface area contributed by atoms with Gasteiger partial charge in [0, 0.05) is 52.0 Å². The fraction of sp³-hybridized carbons (Fsp3) is 0.762. The number of piperidine rings is 2. The van der Waals surface area contributed by atoms with Gasteiger partial charge in [0.1, 0.15) is 11.6 Å². The van der Waals surface area contributed by atoms with E-state index in [0.29, 0.717) is 29.6 Å². The normalized spacial score (nSPS) is 22.4. The van der Waals surface area contributed by atoms with Gasteiger partial charge in [-0.05, 0) is 63.6 Å². The molecule has 29 heavy (non-hydrogen) atoms.